The number of rotatable bonds is 6. The lowest BCUT2D eigenvalue weighted by molar-refractivity contribution is -0.125. The molecule has 0 spiro atoms. The number of likely N-dealkylation sites (N-methyl/N-ethyl adjacent to an activating group) is 1. The molecule has 5 heteroatoms. The third kappa shape index (κ3) is 4.40. The molecule has 0 unspecified atom stereocenters. The fourth-order valence-electron chi connectivity index (χ4n) is 2.98. The van der Waals surface area contributed by atoms with Gasteiger partial charge in [-0.25, -0.2) is 4.39 Å². The number of aromatic nitrogens is 1. The van der Waals surface area contributed by atoms with Crippen LogP contribution in [0, 0.1) is 31.0 Å². The lowest BCUT2D eigenvalue weighted by atomic mass is 10.1. The summed E-state index contributed by atoms with van der Waals surface area (Å²) >= 11 is 0. The Morgan fingerprint density at radius 1 is 1.31 bits per heavy atom. The van der Waals surface area contributed by atoms with Crippen LogP contribution in [0.5, 0.6) is 0 Å². The van der Waals surface area contributed by atoms with Crippen molar-refractivity contribution in [1.82, 2.24) is 9.47 Å². The van der Waals surface area contributed by atoms with Crippen molar-refractivity contribution in [2.75, 3.05) is 7.05 Å². The van der Waals surface area contributed by atoms with Gasteiger partial charge >= 0.3 is 0 Å². The SMILES string of the molecule is CCCn1c(C)cc(/C=C(\C#N)C(=O)N(C)Cc2ccc(F)cc2)c1C. The van der Waals surface area contributed by atoms with Crippen LogP contribution in [-0.2, 0) is 17.9 Å². The van der Waals surface area contributed by atoms with E-state index in [1.54, 1.807) is 25.3 Å². The van der Waals surface area contributed by atoms with Gasteiger partial charge in [0.1, 0.15) is 17.5 Å². The number of aryl methyl sites for hydroxylation is 1. The van der Waals surface area contributed by atoms with E-state index in [-0.39, 0.29) is 17.3 Å². The fourth-order valence-corrected chi connectivity index (χ4v) is 2.98. The van der Waals surface area contributed by atoms with Gasteiger partial charge in [-0.3, -0.25) is 4.79 Å². The molecular weight excluding hydrogens is 329 g/mol. The molecule has 0 aliphatic carbocycles. The molecular formula is C21H24FN3O. The Morgan fingerprint density at radius 2 is 1.96 bits per heavy atom. The molecule has 4 nitrogen and oxygen atoms in total. The normalized spacial score (nSPS) is 11.3. The number of nitriles is 1. The first-order chi connectivity index (χ1) is 12.4. The van der Waals surface area contributed by atoms with Crippen LogP contribution in [-0.4, -0.2) is 22.4 Å². The second kappa shape index (κ2) is 8.48. The van der Waals surface area contributed by atoms with E-state index in [0.29, 0.717) is 6.54 Å². The molecule has 0 saturated carbocycles. The topological polar surface area (TPSA) is 49.0 Å². The Labute approximate surface area is 154 Å². The first kappa shape index (κ1) is 19.5. The number of hydrogen-bond donors (Lipinski definition) is 0. The zero-order valence-corrected chi connectivity index (χ0v) is 15.7. The molecule has 136 valence electrons. The summed E-state index contributed by atoms with van der Waals surface area (Å²) in [6, 6.07) is 9.99. The Bertz CT molecular complexity index is 857. The first-order valence-corrected chi connectivity index (χ1v) is 8.65. The fraction of sp³-hybridized carbons (Fsp3) is 0.333. The predicted octanol–water partition coefficient (Wildman–Crippen LogP) is 4.22. The van der Waals surface area contributed by atoms with Gasteiger partial charge in [0.2, 0.25) is 0 Å². The van der Waals surface area contributed by atoms with Crippen LogP contribution < -0.4 is 0 Å². The summed E-state index contributed by atoms with van der Waals surface area (Å²) in [7, 11) is 1.64. The molecule has 0 bridgehead atoms. The van der Waals surface area contributed by atoms with E-state index in [9.17, 15) is 14.4 Å². The minimum absolute atomic E-state index is 0.0892. The Balaban J connectivity index is 2.22. The largest absolute Gasteiger partial charge is 0.349 e. The van der Waals surface area contributed by atoms with Crippen molar-refractivity contribution in [3.63, 3.8) is 0 Å². The van der Waals surface area contributed by atoms with Crippen LogP contribution in [0.3, 0.4) is 0 Å². The predicted molar refractivity (Wildman–Crippen MR) is 101 cm³/mol. The maximum Gasteiger partial charge on any atom is 0.264 e. The molecule has 1 amide bonds. The van der Waals surface area contributed by atoms with Crippen LogP contribution in [0.2, 0.25) is 0 Å². The first-order valence-electron chi connectivity index (χ1n) is 8.65. The minimum Gasteiger partial charge on any atom is -0.349 e. The van der Waals surface area contributed by atoms with E-state index in [4.69, 9.17) is 0 Å². The lowest BCUT2D eigenvalue weighted by Crippen LogP contribution is -2.27. The molecule has 2 aromatic rings. The number of benzene rings is 1. The minimum atomic E-state index is -0.350. The van der Waals surface area contributed by atoms with Crippen LogP contribution in [0.25, 0.3) is 6.08 Å². The van der Waals surface area contributed by atoms with E-state index < -0.39 is 0 Å². The molecule has 0 N–H and O–H groups in total. The summed E-state index contributed by atoms with van der Waals surface area (Å²) in [5, 5.41) is 9.46. The molecule has 1 aromatic heterocycles. The van der Waals surface area contributed by atoms with Crippen molar-refractivity contribution in [3.05, 3.63) is 64.2 Å². The van der Waals surface area contributed by atoms with Crippen molar-refractivity contribution in [1.29, 1.82) is 5.26 Å². The van der Waals surface area contributed by atoms with E-state index in [1.807, 2.05) is 26.0 Å². The molecule has 0 saturated heterocycles. The van der Waals surface area contributed by atoms with Crippen LogP contribution in [0.15, 0.2) is 35.9 Å². The number of carbonyl (C=O) groups is 1. The summed E-state index contributed by atoms with van der Waals surface area (Å²) in [5.74, 6) is -0.667. The summed E-state index contributed by atoms with van der Waals surface area (Å²) in [5.41, 5.74) is 3.94. The van der Waals surface area contributed by atoms with Gasteiger partial charge in [-0.15, -0.1) is 0 Å². The summed E-state index contributed by atoms with van der Waals surface area (Å²) in [4.78, 5) is 14.1. The van der Waals surface area contributed by atoms with Crippen molar-refractivity contribution in [2.24, 2.45) is 0 Å². The third-order valence-corrected chi connectivity index (χ3v) is 4.39. The van der Waals surface area contributed by atoms with Gasteiger partial charge in [0.05, 0.1) is 0 Å². The standard InChI is InChI=1S/C21H24FN3O/c1-5-10-25-15(2)11-18(16(25)3)12-19(13-23)21(26)24(4)14-17-6-8-20(22)9-7-17/h6-9,11-12H,5,10,14H2,1-4H3/b19-12+. The number of carbonyl (C=O) groups excluding carboxylic acids is 1. The molecule has 0 fully saturated rings. The number of amides is 1. The van der Waals surface area contributed by atoms with Crippen molar-refractivity contribution in [3.8, 4) is 6.07 Å². The molecule has 0 aliphatic rings. The summed E-state index contributed by atoms with van der Waals surface area (Å²) < 4.78 is 15.2. The van der Waals surface area contributed by atoms with Crippen LogP contribution in [0.1, 0.15) is 35.9 Å². The third-order valence-electron chi connectivity index (χ3n) is 4.39. The highest BCUT2D eigenvalue weighted by atomic mass is 19.1. The molecule has 2 rings (SSSR count). The molecule has 0 aliphatic heterocycles. The Hall–Kier alpha value is -2.87. The second-order valence-corrected chi connectivity index (χ2v) is 6.44. The van der Waals surface area contributed by atoms with Gasteiger partial charge in [-0.2, -0.15) is 5.26 Å². The van der Waals surface area contributed by atoms with Gasteiger partial charge in [0, 0.05) is 31.5 Å². The molecule has 1 aromatic carbocycles. The highest BCUT2D eigenvalue weighted by Crippen LogP contribution is 2.19. The zero-order chi connectivity index (χ0) is 19.3. The smallest absolute Gasteiger partial charge is 0.264 e. The Morgan fingerprint density at radius 3 is 2.54 bits per heavy atom. The van der Waals surface area contributed by atoms with Crippen molar-refractivity contribution >= 4 is 12.0 Å². The van der Waals surface area contributed by atoms with Gasteiger partial charge in [-0.05, 0) is 55.7 Å². The van der Waals surface area contributed by atoms with E-state index >= 15 is 0 Å². The maximum atomic E-state index is 13.0. The second-order valence-electron chi connectivity index (χ2n) is 6.44. The van der Waals surface area contributed by atoms with Crippen LogP contribution in [0.4, 0.5) is 4.39 Å². The van der Waals surface area contributed by atoms with Gasteiger partial charge in [-0.1, -0.05) is 19.1 Å². The quantitative estimate of drug-likeness (QED) is 0.577. The van der Waals surface area contributed by atoms with Crippen molar-refractivity contribution < 1.29 is 9.18 Å². The van der Waals surface area contributed by atoms with Crippen molar-refractivity contribution in [2.45, 2.75) is 40.3 Å². The van der Waals surface area contributed by atoms with Crippen LogP contribution >= 0.6 is 0 Å². The summed E-state index contributed by atoms with van der Waals surface area (Å²) in [6.45, 7) is 7.35. The zero-order valence-electron chi connectivity index (χ0n) is 15.7. The average molecular weight is 353 g/mol. The number of halogens is 1. The molecule has 1 heterocycles. The van der Waals surface area contributed by atoms with Gasteiger partial charge in [0.15, 0.2) is 0 Å². The number of hydrogen-bond acceptors (Lipinski definition) is 2. The average Bonchev–Trinajstić information content (AvgIpc) is 2.88. The highest BCUT2D eigenvalue weighted by molar-refractivity contribution is 6.01. The maximum absolute atomic E-state index is 13.0. The number of nitrogens with zero attached hydrogens (tertiary/aromatic N) is 3. The Kier molecular flexibility index (Phi) is 6.35. The lowest BCUT2D eigenvalue weighted by Gasteiger charge is -2.16. The summed E-state index contributed by atoms with van der Waals surface area (Å²) in [6.07, 6.45) is 2.67. The molecule has 26 heavy (non-hydrogen) atoms. The van der Waals surface area contributed by atoms with Gasteiger partial charge < -0.3 is 9.47 Å². The molecule has 0 atom stereocenters. The van der Waals surface area contributed by atoms with E-state index in [0.717, 1.165) is 35.5 Å². The highest BCUT2D eigenvalue weighted by Gasteiger charge is 2.16. The van der Waals surface area contributed by atoms with Gasteiger partial charge in [0.25, 0.3) is 5.91 Å². The molecule has 0 radical (unpaired) electrons. The monoisotopic (exact) mass is 353 g/mol. The van der Waals surface area contributed by atoms with E-state index in [2.05, 4.69) is 11.5 Å². The van der Waals surface area contributed by atoms with E-state index in [1.165, 1.54) is 17.0 Å².